The van der Waals surface area contributed by atoms with Crippen LogP contribution in [0.3, 0.4) is 0 Å². The van der Waals surface area contributed by atoms with E-state index in [1.165, 1.54) is 12.1 Å². The Morgan fingerprint density at radius 2 is 1.85 bits per heavy atom. The molecule has 0 aliphatic heterocycles. The molecule has 1 amide bonds. The lowest BCUT2D eigenvalue weighted by Crippen LogP contribution is -2.21. The Kier molecular flexibility index (Phi) is 2.49. The first-order valence-electron chi connectivity index (χ1n) is 3.43. The van der Waals surface area contributed by atoms with Crippen molar-refractivity contribution in [1.29, 1.82) is 0 Å². The van der Waals surface area contributed by atoms with Crippen LogP contribution in [-0.2, 0) is 9.59 Å². The van der Waals surface area contributed by atoms with E-state index < -0.39 is 11.9 Å². The summed E-state index contributed by atoms with van der Waals surface area (Å²) < 4.78 is 0. The zero-order valence-electron chi connectivity index (χ0n) is 6.52. The van der Waals surface area contributed by atoms with Crippen molar-refractivity contribution in [3.05, 3.63) is 24.3 Å². The molecule has 68 valence electrons. The second-order valence-corrected chi connectivity index (χ2v) is 2.28. The van der Waals surface area contributed by atoms with Crippen LogP contribution < -0.4 is 5.32 Å². The number of amides is 1. The van der Waals surface area contributed by atoms with Crippen molar-refractivity contribution in [2.45, 2.75) is 0 Å². The molecule has 0 saturated carbocycles. The van der Waals surface area contributed by atoms with Crippen LogP contribution in [0.25, 0.3) is 0 Å². The van der Waals surface area contributed by atoms with Crippen molar-refractivity contribution in [1.82, 2.24) is 0 Å². The number of carboxylic acid groups (broad SMARTS) is 1. The second-order valence-electron chi connectivity index (χ2n) is 2.28. The molecule has 1 rings (SSSR count). The van der Waals surface area contributed by atoms with Gasteiger partial charge in [-0.15, -0.1) is 0 Å². The molecule has 0 unspecified atom stereocenters. The topological polar surface area (TPSA) is 86.6 Å². The average Bonchev–Trinajstić information content (AvgIpc) is 2.08. The molecule has 0 aliphatic rings. The molecule has 0 atom stereocenters. The predicted molar refractivity (Wildman–Crippen MR) is 44.4 cm³/mol. The van der Waals surface area contributed by atoms with Gasteiger partial charge in [0.2, 0.25) is 0 Å². The summed E-state index contributed by atoms with van der Waals surface area (Å²) in [5.74, 6) is -2.94. The normalized spacial score (nSPS) is 9.23. The van der Waals surface area contributed by atoms with E-state index in [0.717, 1.165) is 0 Å². The van der Waals surface area contributed by atoms with E-state index in [0.29, 0.717) is 0 Å². The maximum atomic E-state index is 10.6. The van der Waals surface area contributed by atoms with Gasteiger partial charge in [0.15, 0.2) is 0 Å². The fourth-order valence-corrected chi connectivity index (χ4v) is 0.755. The van der Waals surface area contributed by atoms with Crippen molar-refractivity contribution < 1.29 is 19.8 Å². The van der Waals surface area contributed by atoms with Gasteiger partial charge in [-0.2, -0.15) is 0 Å². The summed E-state index contributed by atoms with van der Waals surface area (Å²) in [4.78, 5) is 20.8. The number of carbonyl (C=O) groups is 2. The molecule has 5 heteroatoms. The number of para-hydroxylation sites is 2. The lowest BCUT2D eigenvalue weighted by Gasteiger charge is -2.02. The van der Waals surface area contributed by atoms with Gasteiger partial charge in [0.25, 0.3) is 0 Å². The zero-order valence-corrected chi connectivity index (χ0v) is 6.52. The standard InChI is InChI=1S/C8H7NO4/c10-6-4-2-1-3-5(6)9-7(11)8(12)13/h1-4,10H,(H,9,11)(H,12,13). The molecule has 0 fully saturated rings. The highest BCUT2D eigenvalue weighted by Gasteiger charge is 2.12. The first kappa shape index (κ1) is 9.05. The second kappa shape index (κ2) is 3.57. The third kappa shape index (κ3) is 2.19. The number of hydrogen-bond donors (Lipinski definition) is 3. The van der Waals surface area contributed by atoms with Gasteiger partial charge < -0.3 is 15.5 Å². The molecule has 0 radical (unpaired) electrons. The van der Waals surface area contributed by atoms with Crippen LogP contribution >= 0.6 is 0 Å². The third-order valence-corrected chi connectivity index (χ3v) is 1.35. The molecule has 0 bridgehead atoms. The third-order valence-electron chi connectivity index (χ3n) is 1.35. The number of carboxylic acids is 1. The molecular weight excluding hydrogens is 174 g/mol. The summed E-state index contributed by atoms with van der Waals surface area (Å²) >= 11 is 0. The monoisotopic (exact) mass is 181 g/mol. The van der Waals surface area contributed by atoms with Gasteiger partial charge in [0.05, 0.1) is 5.69 Å². The summed E-state index contributed by atoms with van der Waals surface area (Å²) in [6.07, 6.45) is 0. The number of hydrogen-bond acceptors (Lipinski definition) is 3. The van der Waals surface area contributed by atoms with E-state index in [2.05, 4.69) is 0 Å². The van der Waals surface area contributed by atoms with E-state index in [9.17, 15) is 9.59 Å². The first-order chi connectivity index (χ1) is 6.11. The van der Waals surface area contributed by atoms with Crippen LogP contribution in [-0.4, -0.2) is 22.1 Å². The highest BCUT2D eigenvalue weighted by atomic mass is 16.4. The lowest BCUT2D eigenvalue weighted by molar-refractivity contribution is -0.147. The number of anilines is 1. The van der Waals surface area contributed by atoms with E-state index in [4.69, 9.17) is 10.2 Å². The fourth-order valence-electron chi connectivity index (χ4n) is 0.755. The maximum Gasteiger partial charge on any atom is 0.394 e. The summed E-state index contributed by atoms with van der Waals surface area (Å²) in [5.41, 5.74) is 0.0786. The molecule has 0 saturated heterocycles. The van der Waals surface area contributed by atoms with Crippen molar-refractivity contribution in [2.75, 3.05) is 5.32 Å². The number of carbonyl (C=O) groups excluding carboxylic acids is 1. The Labute approximate surface area is 73.6 Å². The molecular formula is C8H7NO4. The minimum Gasteiger partial charge on any atom is -0.506 e. The van der Waals surface area contributed by atoms with Gasteiger partial charge in [0, 0.05) is 0 Å². The molecule has 5 nitrogen and oxygen atoms in total. The van der Waals surface area contributed by atoms with Gasteiger partial charge in [-0.1, -0.05) is 12.1 Å². The van der Waals surface area contributed by atoms with Crippen LogP contribution in [0.5, 0.6) is 5.75 Å². The highest BCUT2D eigenvalue weighted by molar-refractivity contribution is 6.36. The summed E-state index contributed by atoms with van der Waals surface area (Å²) in [5, 5.41) is 19.4. The molecule has 0 heterocycles. The number of aromatic hydroxyl groups is 1. The molecule has 13 heavy (non-hydrogen) atoms. The predicted octanol–water partition coefficient (Wildman–Crippen LogP) is 0.415. The van der Waals surface area contributed by atoms with Crippen molar-refractivity contribution in [3.8, 4) is 5.75 Å². The van der Waals surface area contributed by atoms with Gasteiger partial charge in [-0.3, -0.25) is 4.79 Å². The fraction of sp³-hybridized carbons (Fsp3) is 0. The first-order valence-corrected chi connectivity index (χ1v) is 3.43. The summed E-state index contributed by atoms with van der Waals surface area (Å²) in [6.45, 7) is 0. The van der Waals surface area contributed by atoms with Gasteiger partial charge >= 0.3 is 11.9 Å². The zero-order chi connectivity index (χ0) is 9.84. The minimum atomic E-state index is -1.59. The minimum absolute atomic E-state index is 0.0786. The Balaban J connectivity index is 2.81. The van der Waals surface area contributed by atoms with E-state index in [-0.39, 0.29) is 11.4 Å². The Morgan fingerprint density at radius 1 is 1.23 bits per heavy atom. The van der Waals surface area contributed by atoms with Crippen LogP contribution in [0.2, 0.25) is 0 Å². The average molecular weight is 181 g/mol. The largest absolute Gasteiger partial charge is 0.506 e. The number of aliphatic carboxylic acids is 1. The quantitative estimate of drug-likeness (QED) is 0.432. The lowest BCUT2D eigenvalue weighted by atomic mass is 10.3. The number of rotatable bonds is 1. The van der Waals surface area contributed by atoms with Crippen molar-refractivity contribution in [3.63, 3.8) is 0 Å². The molecule has 0 spiro atoms. The van der Waals surface area contributed by atoms with Crippen LogP contribution in [0.15, 0.2) is 24.3 Å². The molecule has 0 aliphatic carbocycles. The van der Waals surface area contributed by atoms with Crippen LogP contribution in [0.1, 0.15) is 0 Å². The number of nitrogens with one attached hydrogen (secondary N) is 1. The highest BCUT2D eigenvalue weighted by Crippen LogP contribution is 2.20. The Bertz CT molecular complexity index is 348. The number of phenolic OH excluding ortho intramolecular Hbond substituents is 1. The molecule has 3 N–H and O–H groups in total. The molecule has 0 aromatic heterocycles. The Morgan fingerprint density at radius 3 is 2.38 bits per heavy atom. The van der Waals surface area contributed by atoms with Gasteiger partial charge in [-0.25, -0.2) is 4.79 Å². The number of phenols is 1. The smallest absolute Gasteiger partial charge is 0.394 e. The Hall–Kier alpha value is -2.04. The van der Waals surface area contributed by atoms with E-state index in [1.807, 2.05) is 5.32 Å². The summed E-state index contributed by atoms with van der Waals surface area (Å²) in [6, 6.07) is 5.87. The van der Waals surface area contributed by atoms with Gasteiger partial charge in [-0.05, 0) is 12.1 Å². The summed E-state index contributed by atoms with van der Waals surface area (Å²) in [7, 11) is 0. The SMILES string of the molecule is O=C(O)C(=O)Nc1ccccc1O. The van der Waals surface area contributed by atoms with Crippen molar-refractivity contribution in [2.24, 2.45) is 0 Å². The number of benzene rings is 1. The van der Waals surface area contributed by atoms with Crippen LogP contribution in [0, 0.1) is 0 Å². The van der Waals surface area contributed by atoms with Crippen molar-refractivity contribution >= 4 is 17.6 Å². The van der Waals surface area contributed by atoms with Gasteiger partial charge in [0.1, 0.15) is 5.75 Å². The molecule has 1 aromatic rings. The van der Waals surface area contributed by atoms with E-state index >= 15 is 0 Å². The maximum absolute atomic E-state index is 10.6. The molecule has 1 aromatic carbocycles. The van der Waals surface area contributed by atoms with E-state index in [1.54, 1.807) is 12.1 Å². The van der Waals surface area contributed by atoms with Crippen LogP contribution in [0.4, 0.5) is 5.69 Å².